The van der Waals surface area contributed by atoms with Gasteiger partial charge in [-0.3, -0.25) is 0 Å². The van der Waals surface area contributed by atoms with Crippen LogP contribution in [0.4, 0.5) is 0 Å². The average molecular weight is 825 g/mol. The molecule has 1 radical (unpaired) electrons. The first-order chi connectivity index (χ1) is 26.9. The van der Waals surface area contributed by atoms with Crippen molar-refractivity contribution >= 4 is 35.7 Å². The van der Waals surface area contributed by atoms with Crippen molar-refractivity contribution in [3.8, 4) is 40.2 Å². The molecule has 0 aliphatic rings. The van der Waals surface area contributed by atoms with Crippen molar-refractivity contribution in [3.63, 3.8) is 0 Å². The van der Waals surface area contributed by atoms with Gasteiger partial charge in [0, 0.05) is 54.3 Å². The van der Waals surface area contributed by atoms with Gasteiger partial charge in [-0.05, 0) is 49.1 Å². The molecule has 0 saturated heterocycles. The summed E-state index contributed by atoms with van der Waals surface area (Å²) < 4.78 is 102. The van der Waals surface area contributed by atoms with Crippen LogP contribution in [0.3, 0.4) is 0 Å². The molecule has 0 unspecified atom stereocenters. The molecule has 0 saturated carbocycles. The molecule has 8 nitrogen and oxygen atoms in total. The van der Waals surface area contributed by atoms with Gasteiger partial charge in [-0.25, -0.2) is 4.98 Å². The van der Waals surface area contributed by atoms with Gasteiger partial charge in [-0.2, -0.15) is 5.26 Å². The minimum atomic E-state index is -2.68. The van der Waals surface area contributed by atoms with E-state index in [0.717, 1.165) is 6.20 Å². The van der Waals surface area contributed by atoms with E-state index < -0.39 is 35.5 Å². The van der Waals surface area contributed by atoms with Crippen molar-refractivity contribution in [1.82, 2.24) is 25.1 Å². The Hall–Kier alpha value is -4.81. The van der Waals surface area contributed by atoms with Crippen LogP contribution in [0.25, 0.3) is 56.2 Å². The average Bonchev–Trinajstić information content (AvgIpc) is 3.79. The quantitative estimate of drug-likeness (QED) is 0.129. The van der Waals surface area contributed by atoms with Crippen molar-refractivity contribution in [2.24, 2.45) is 0 Å². The Kier molecular flexibility index (Phi) is 6.07. The van der Waals surface area contributed by atoms with Gasteiger partial charge in [0.25, 0.3) is 5.89 Å². The van der Waals surface area contributed by atoms with Gasteiger partial charge in [0.15, 0.2) is 13.6 Å². The molecule has 0 amide bonds. The molecule has 5 heterocycles. The fraction of sp³-hybridized carbons (Fsp3) is 0.189. The summed E-state index contributed by atoms with van der Waals surface area (Å²) in [6.45, 7) is -3.50. The number of hydrogen-bond acceptors (Lipinski definition) is 8. The fourth-order valence-electron chi connectivity index (χ4n) is 4.46. The normalized spacial score (nSPS) is 16.0. The zero-order valence-corrected chi connectivity index (χ0v) is 28.6. The summed E-state index contributed by atoms with van der Waals surface area (Å²) in [5, 5.41) is 19.2. The van der Waals surface area contributed by atoms with Gasteiger partial charge < -0.3 is 18.8 Å². The maximum absolute atomic E-state index is 9.83. The van der Waals surface area contributed by atoms with Crippen molar-refractivity contribution in [2.75, 3.05) is 0 Å². The molecule has 7 aromatic rings. The van der Waals surface area contributed by atoms with E-state index >= 15 is 0 Å². The molecule has 5 aromatic heterocycles. The monoisotopic (exact) mass is 825 g/mol. The summed E-state index contributed by atoms with van der Waals surface area (Å²) in [4.78, 5) is 12.8. The Balaban J connectivity index is 0.000000267. The molecule has 10 heteroatoms. The van der Waals surface area contributed by atoms with Crippen molar-refractivity contribution in [3.05, 3.63) is 107 Å². The summed E-state index contributed by atoms with van der Waals surface area (Å²) in [5.41, 5.74) is 2.78. The maximum atomic E-state index is 9.83. The molecule has 47 heavy (non-hydrogen) atoms. The maximum Gasteiger partial charge on any atom is 0.267 e. The van der Waals surface area contributed by atoms with Gasteiger partial charge in [0.1, 0.15) is 11.8 Å². The number of fused-ring (bicyclic) bond motifs is 3. The Morgan fingerprint density at radius 3 is 2.30 bits per heavy atom. The topological polar surface area (TPSA) is 115 Å². The standard InChI is InChI=1S/C24H20N5O2Si.C13H12N.Ir/c1-13-9-19(26-12-14(13)2)17-8-6-7-16-18-10-15(11-25)20(27-22(18)30-21(16)17)23-28-29-24(31-23)32(3,4)5;1-10-3-6-12(7-4-10)13-8-5-11(2)9-14-13;/h6-7,9-10,12H,1-5H3;3-6,8-9H,1-2H3;/q2*-1;/i2*1D3,2D3;. The number of furan rings is 1. The fourth-order valence-corrected chi connectivity index (χ4v) is 5.21. The molecule has 7 rings (SSSR count). The summed E-state index contributed by atoms with van der Waals surface area (Å²) >= 11 is 0. The number of aryl methyl sites for hydroxylation is 4. The van der Waals surface area contributed by atoms with E-state index in [1.807, 2.05) is 0 Å². The third kappa shape index (κ3) is 6.98. The van der Waals surface area contributed by atoms with Crippen LogP contribution >= 0.6 is 0 Å². The molecule has 237 valence electrons. The van der Waals surface area contributed by atoms with E-state index in [2.05, 4.69) is 63.0 Å². The Morgan fingerprint density at radius 1 is 0.830 bits per heavy atom. The molecule has 0 spiro atoms. The first kappa shape index (κ1) is 21.1. The molecule has 0 aliphatic carbocycles. The van der Waals surface area contributed by atoms with Crippen LogP contribution in [0, 0.1) is 50.9 Å². The second-order valence-corrected chi connectivity index (χ2v) is 16.2. The molecule has 0 N–H and O–H groups in total. The van der Waals surface area contributed by atoms with E-state index in [9.17, 15) is 5.26 Å². The molecular formula is C37H32IrN6O2Si-2. The van der Waals surface area contributed by atoms with Crippen LogP contribution in [0.1, 0.15) is 44.3 Å². The number of hydrogen-bond donors (Lipinski definition) is 0. The van der Waals surface area contributed by atoms with E-state index in [1.54, 1.807) is 30.3 Å². The van der Waals surface area contributed by atoms with Crippen molar-refractivity contribution < 1.29 is 45.4 Å². The second-order valence-electron chi connectivity index (χ2n) is 11.2. The van der Waals surface area contributed by atoms with E-state index in [0.29, 0.717) is 38.7 Å². The third-order valence-electron chi connectivity index (χ3n) is 6.83. The summed E-state index contributed by atoms with van der Waals surface area (Å²) in [5.74, 6) is 0.109. The third-order valence-corrected chi connectivity index (χ3v) is 8.31. The summed E-state index contributed by atoms with van der Waals surface area (Å²) in [6.07, 6.45) is 2.35. The largest absolute Gasteiger partial charge is 0.486 e. The van der Waals surface area contributed by atoms with Gasteiger partial charge in [-0.15, -0.1) is 63.8 Å². The van der Waals surface area contributed by atoms with Gasteiger partial charge >= 0.3 is 0 Å². The summed E-state index contributed by atoms with van der Waals surface area (Å²) in [7, 11) is -1.89. The van der Waals surface area contributed by atoms with E-state index in [1.165, 1.54) is 30.5 Å². The summed E-state index contributed by atoms with van der Waals surface area (Å²) in [6, 6.07) is 21.8. The first-order valence-corrected chi connectivity index (χ1v) is 17.4. The van der Waals surface area contributed by atoms with E-state index in [4.69, 9.17) is 25.3 Å². The van der Waals surface area contributed by atoms with Gasteiger partial charge in [-0.1, -0.05) is 61.2 Å². The number of nitriles is 1. The first-order valence-electron chi connectivity index (χ1n) is 19.9. The van der Waals surface area contributed by atoms with Crippen molar-refractivity contribution in [2.45, 2.75) is 47.0 Å². The molecule has 0 fully saturated rings. The Bertz CT molecular complexity index is 2620. The number of aromatic nitrogens is 5. The van der Waals surface area contributed by atoms with Crippen LogP contribution < -0.4 is 5.51 Å². The SMILES string of the molecule is [2H]C([2H])([2H])c1c[c-]c(-c2ccc(C([2H])([2H])[2H])cn2)cc1.[2H]C([2H])([2H])c1cnc(-c2[c-]ccc3c2oc2nc(-c4nnc([Si](C)(C)C)o4)c(C#N)cc23)cc1C([2H])([2H])[2H].[Ir]. The number of benzene rings is 2. The molecular weight excluding hydrogens is 781 g/mol. The zero-order chi connectivity index (χ0) is 42.6. The minimum absolute atomic E-state index is 0. The Morgan fingerprint density at radius 2 is 1.64 bits per heavy atom. The van der Waals surface area contributed by atoms with Crippen LogP contribution in [0.2, 0.25) is 19.6 Å². The second kappa shape index (κ2) is 13.5. The molecule has 0 bridgehead atoms. The van der Waals surface area contributed by atoms with Crippen LogP contribution in [-0.4, -0.2) is 33.2 Å². The van der Waals surface area contributed by atoms with E-state index in [-0.39, 0.29) is 70.9 Å². The molecule has 0 aliphatic heterocycles. The van der Waals surface area contributed by atoms with Crippen LogP contribution in [0.15, 0.2) is 75.8 Å². The predicted octanol–water partition coefficient (Wildman–Crippen LogP) is 8.09. The molecule has 2 aromatic carbocycles. The number of nitrogens with zero attached hydrogens (tertiary/aromatic N) is 6. The van der Waals surface area contributed by atoms with Crippen LogP contribution in [-0.2, 0) is 20.1 Å². The minimum Gasteiger partial charge on any atom is -0.486 e. The molecule has 0 atom stereocenters. The van der Waals surface area contributed by atoms with Crippen molar-refractivity contribution in [1.29, 1.82) is 5.26 Å². The number of pyridine rings is 3. The Labute approximate surface area is 305 Å². The van der Waals surface area contributed by atoms with Gasteiger partial charge in [0.05, 0.1) is 11.1 Å². The van der Waals surface area contributed by atoms with Gasteiger partial charge in [0.2, 0.25) is 5.71 Å². The van der Waals surface area contributed by atoms with Crippen LogP contribution in [0.5, 0.6) is 0 Å². The zero-order valence-electron chi connectivity index (χ0n) is 37.2. The predicted molar refractivity (Wildman–Crippen MR) is 182 cm³/mol. The number of rotatable bonds is 4. The smallest absolute Gasteiger partial charge is 0.267 e.